The number of aromatic nitrogens is 2. The Morgan fingerprint density at radius 2 is 1.62 bits per heavy atom. The van der Waals surface area contributed by atoms with Crippen molar-refractivity contribution >= 4 is 5.91 Å². The molecule has 0 aliphatic carbocycles. The maximum absolute atomic E-state index is 13.2. The molecule has 0 N–H and O–H groups in total. The summed E-state index contributed by atoms with van der Waals surface area (Å²) in [6.45, 7) is 3.73. The largest absolute Gasteiger partial charge is 0.339 e. The third kappa shape index (κ3) is 3.27. The predicted octanol–water partition coefficient (Wildman–Crippen LogP) is 4.47. The van der Waals surface area contributed by atoms with Crippen LogP contribution in [0.3, 0.4) is 0 Å². The Morgan fingerprint density at radius 1 is 0.923 bits per heavy atom. The van der Waals surface area contributed by atoms with E-state index in [1.165, 1.54) is 12.0 Å². The molecule has 1 aliphatic rings. The minimum atomic E-state index is 0.0856. The molecule has 3 aromatic rings. The van der Waals surface area contributed by atoms with Gasteiger partial charge in [0.1, 0.15) is 5.69 Å². The Morgan fingerprint density at radius 3 is 2.31 bits per heavy atom. The fourth-order valence-corrected chi connectivity index (χ4v) is 3.44. The summed E-state index contributed by atoms with van der Waals surface area (Å²) in [5.74, 6) is 0.0856. The van der Waals surface area contributed by atoms with Gasteiger partial charge >= 0.3 is 0 Å². The quantitative estimate of drug-likeness (QED) is 0.702. The monoisotopic (exact) mass is 345 g/mol. The topological polar surface area (TPSA) is 38.1 Å². The predicted molar refractivity (Wildman–Crippen MR) is 103 cm³/mol. The van der Waals surface area contributed by atoms with E-state index in [-0.39, 0.29) is 5.91 Å². The number of piperidine rings is 1. The lowest BCUT2D eigenvalue weighted by molar-refractivity contribution is 0.0725. The molecule has 1 aliphatic heterocycles. The molecule has 2 aromatic carbocycles. The number of amides is 1. The van der Waals surface area contributed by atoms with Crippen LogP contribution in [0.5, 0.6) is 0 Å². The summed E-state index contributed by atoms with van der Waals surface area (Å²) in [5, 5.41) is 4.77. The number of rotatable bonds is 3. The van der Waals surface area contributed by atoms with Gasteiger partial charge in [-0.3, -0.25) is 4.79 Å². The summed E-state index contributed by atoms with van der Waals surface area (Å²) in [5.41, 5.74) is 4.56. The fraction of sp³-hybridized carbons (Fsp3) is 0.273. The Labute approximate surface area is 154 Å². The van der Waals surface area contributed by atoms with E-state index in [2.05, 4.69) is 19.1 Å². The number of carbonyl (C=O) groups is 1. The Balaban J connectivity index is 1.78. The highest BCUT2D eigenvalue weighted by atomic mass is 16.2. The van der Waals surface area contributed by atoms with Crippen molar-refractivity contribution in [1.82, 2.24) is 14.7 Å². The molecule has 2 heterocycles. The summed E-state index contributed by atoms with van der Waals surface area (Å²) in [6, 6.07) is 18.2. The van der Waals surface area contributed by atoms with E-state index in [4.69, 9.17) is 5.10 Å². The molecule has 1 amide bonds. The van der Waals surface area contributed by atoms with Gasteiger partial charge in [0.2, 0.25) is 0 Å². The molecular formula is C22H23N3O. The van der Waals surface area contributed by atoms with Crippen LogP contribution in [0.25, 0.3) is 16.9 Å². The number of carbonyl (C=O) groups excluding carboxylic acids is 1. The molecule has 1 saturated heterocycles. The van der Waals surface area contributed by atoms with E-state index in [9.17, 15) is 4.79 Å². The molecule has 0 radical (unpaired) electrons. The van der Waals surface area contributed by atoms with Crippen molar-refractivity contribution in [2.75, 3.05) is 13.1 Å². The zero-order chi connectivity index (χ0) is 17.9. The highest BCUT2D eigenvalue weighted by molar-refractivity contribution is 6.00. The first-order chi connectivity index (χ1) is 12.7. The smallest absolute Gasteiger partial charge is 0.257 e. The van der Waals surface area contributed by atoms with Crippen LogP contribution in [0.2, 0.25) is 0 Å². The van der Waals surface area contributed by atoms with E-state index in [1.54, 1.807) is 0 Å². The van der Waals surface area contributed by atoms with Gasteiger partial charge in [0, 0.05) is 24.8 Å². The molecule has 4 heteroatoms. The molecule has 1 fully saturated rings. The number of aryl methyl sites for hydroxylation is 1. The highest BCUT2D eigenvalue weighted by Gasteiger charge is 2.24. The molecular weight excluding hydrogens is 322 g/mol. The highest BCUT2D eigenvalue weighted by Crippen LogP contribution is 2.26. The molecule has 1 aromatic heterocycles. The van der Waals surface area contributed by atoms with E-state index < -0.39 is 0 Å². The maximum atomic E-state index is 13.2. The van der Waals surface area contributed by atoms with Gasteiger partial charge in [-0.05, 0) is 38.3 Å². The second-order valence-corrected chi connectivity index (χ2v) is 6.89. The first-order valence-corrected chi connectivity index (χ1v) is 9.24. The summed E-state index contributed by atoms with van der Waals surface area (Å²) in [6.07, 6.45) is 5.25. The molecule has 4 nitrogen and oxygen atoms in total. The van der Waals surface area contributed by atoms with Crippen LogP contribution in [-0.2, 0) is 0 Å². The molecule has 0 saturated carbocycles. The van der Waals surface area contributed by atoms with Gasteiger partial charge in [-0.15, -0.1) is 0 Å². The van der Waals surface area contributed by atoms with Crippen LogP contribution < -0.4 is 0 Å². The lowest BCUT2D eigenvalue weighted by Gasteiger charge is -2.26. The lowest BCUT2D eigenvalue weighted by atomic mass is 10.0. The minimum Gasteiger partial charge on any atom is -0.339 e. The van der Waals surface area contributed by atoms with Crippen molar-refractivity contribution in [1.29, 1.82) is 0 Å². The standard InChI is InChI=1S/C22H23N3O/c1-17-10-12-18(13-11-17)21-20(22(26)24-14-6-3-7-15-24)16-25(23-21)19-8-4-2-5-9-19/h2,4-5,8-13,16H,3,6-7,14-15H2,1H3. The Bertz CT molecular complexity index is 891. The molecule has 0 unspecified atom stereocenters. The van der Waals surface area contributed by atoms with Crippen LogP contribution in [0.15, 0.2) is 60.8 Å². The van der Waals surface area contributed by atoms with Crippen molar-refractivity contribution < 1.29 is 4.79 Å². The number of benzene rings is 2. The Hall–Kier alpha value is -2.88. The van der Waals surface area contributed by atoms with Crippen molar-refractivity contribution in [3.05, 3.63) is 71.9 Å². The molecule has 26 heavy (non-hydrogen) atoms. The SMILES string of the molecule is Cc1ccc(-c2nn(-c3ccccc3)cc2C(=O)N2CCCCC2)cc1. The van der Waals surface area contributed by atoms with Gasteiger partial charge in [-0.25, -0.2) is 4.68 Å². The first-order valence-electron chi connectivity index (χ1n) is 9.24. The number of hydrogen-bond donors (Lipinski definition) is 0. The van der Waals surface area contributed by atoms with Gasteiger partial charge < -0.3 is 4.90 Å². The van der Waals surface area contributed by atoms with Gasteiger partial charge in [0.05, 0.1) is 11.3 Å². The van der Waals surface area contributed by atoms with Crippen LogP contribution in [0, 0.1) is 6.92 Å². The molecule has 0 spiro atoms. The summed E-state index contributed by atoms with van der Waals surface area (Å²) < 4.78 is 1.81. The third-order valence-corrected chi connectivity index (χ3v) is 4.93. The van der Waals surface area contributed by atoms with E-state index in [0.717, 1.165) is 42.9 Å². The van der Waals surface area contributed by atoms with E-state index in [0.29, 0.717) is 5.56 Å². The summed E-state index contributed by atoms with van der Waals surface area (Å²) >= 11 is 0. The normalized spacial score (nSPS) is 14.4. The van der Waals surface area contributed by atoms with Crippen molar-refractivity contribution in [2.24, 2.45) is 0 Å². The maximum Gasteiger partial charge on any atom is 0.257 e. The first kappa shape index (κ1) is 16.6. The zero-order valence-corrected chi connectivity index (χ0v) is 15.1. The number of hydrogen-bond acceptors (Lipinski definition) is 2. The third-order valence-electron chi connectivity index (χ3n) is 4.93. The second kappa shape index (κ2) is 7.16. The number of nitrogens with zero attached hydrogens (tertiary/aromatic N) is 3. The van der Waals surface area contributed by atoms with Crippen molar-refractivity contribution in [2.45, 2.75) is 26.2 Å². The molecule has 0 atom stereocenters. The summed E-state index contributed by atoms with van der Waals surface area (Å²) in [4.78, 5) is 15.1. The second-order valence-electron chi connectivity index (χ2n) is 6.89. The molecule has 0 bridgehead atoms. The minimum absolute atomic E-state index is 0.0856. The van der Waals surface area contributed by atoms with Gasteiger partial charge in [-0.2, -0.15) is 5.10 Å². The van der Waals surface area contributed by atoms with E-state index in [1.807, 2.05) is 58.2 Å². The van der Waals surface area contributed by atoms with Crippen LogP contribution in [0.4, 0.5) is 0 Å². The van der Waals surface area contributed by atoms with Crippen molar-refractivity contribution in [3.8, 4) is 16.9 Å². The fourth-order valence-electron chi connectivity index (χ4n) is 3.44. The van der Waals surface area contributed by atoms with Gasteiger partial charge in [-0.1, -0.05) is 48.0 Å². The van der Waals surface area contributed by atoms with Crippen LogP contribution in [-0.4, -0.2) is 33.7 Å². The van der Waals surface area contributed by atoms with Crippen LogP contribution in [0.1, 0.15) is 35.2 Å². The summed E-state index contributed by atoms with van der Waals surface area (Å²) in [7, 11) is 0. The van der Waals surface area contributed by atoms with Gasteiger partial charge in [0.15, 0.2) is 0 Å². The Kier molecular flexibility index (Phi) is 4.57. The number of para-hydroxylation sites is 1. The van der Waals surface area contributed by atoms with E-state index >= 15 is 0 Å². The molecule has 4 rings (SSSR count). The number of likely N-dealkylation sites (tertiary alicyclic amines) is 1. The zero-order valence-electron chi connectivity index (χ0n) is 15.1. The van der Waals surface area contributed by atoms with Gasteiger partial charge in [0.25, 0.3) is 5.91 Å². The average molecular weight is 345 g/mol. The molecule has 132 valence electrons. The van der Waals surface area contributed by atoms with Crippen molar-refractivity contribution in [3.63, 3.8) is 0 Å². The lowest BCUT2D eigenvalue weighted by Crippen LogP contribution is -2.35. The van der Waals surface area contributed by atoms with Crippen LogP contribution >= 0.6 is 0 Å². The average Bonchev–Trinajstić information content (AvgIpc) is 3.15.